The number of fused-ring (bicyclic) bond motifs is 1. The van der Waals surface area contributed by atoms with Gasteiger partial charge in [-0.05, 0) is 49.9 Å². The lowest BCUT2D eigenvalue weighted by molar-refractivity contribution is -0.117. The van der Waals surface area contributed by atoms with Crippen LogP contribution in [0.4, 0.5) is 11.5 Å². The van der Waals surface area contributed by atoms with Crippen LogP contribution < -0.4 is 15.0 Å². The number of hydrogen-bond donors (Lipinski definition) is 1. The minimum absolute atomic E-state index is 0.00405. The van der Waals surface area contributed by atoms with E-state index in [0.717, 1.165) is 68.9 Å². The number of rotatable bonds is 5. The van der Waals surface area contributed by atoms with Crippen molar-refractivity contribution in [3.05, 3.63) is 41.9 Å². The number of carbonyl (C=O) groups is 1. The van der Waals surface area contributed by atoms with Crippen LogP contribution in [-0.2, 0) is 17.6 Å². The molecule has 28 heavy (non-hydrogen) atoms. The van der Waals surface area contributed by atoms with Gasteiger partial charge in [0.05, 0.1) is 13.7 Å². The number of hydrogen-bond acceptors (Lipinski definition) is 6. The van der Waals surface area contributed by atoms with E-state index in [1.807, 2.05) is 12.1 Å². The van der Waals surface area contributed by atoms with Crippen molar-refractivity contribution < 1.29 is 9.53 Å². The van der Waals surface area contributed by atoms with Crippen molar-refractivity contribution in [3.63, 3.8) is 0 Å². The predicted octanol–water partition coefficient (Wildman–Crippen LogP) is 2.12. The number of aryl methyl sites for hydroxylation is 1. The van der Waals surface area contributed by atoms with Crippen molar-refractivity contribution in [1.82, 2.24) is 14.9 Å². The highest BCUT2D eigenvalue weighted by atomic mass is 16.5. The molecule has 0 unspecified atom stereocenters. The SMILES string of the molecule is COc1ccc(N2CCN(CC(=O)Nc3ncnc4c3CCCC4)CC2)cc1. The molecule has 1 aliphatic carbocycles. The van der Waals surface area contributed by atoms with Crippen LogP contribution in [0.1, 0.15) is 24.1 Å². The van der Waals surface area contributed by atoms with Gasteiger partial charge >= 0.3 is 0 Å². The Hall–Kier alpha value is -2.67. The van der Waals surface area contributed by atoms with Crippen LogP contribution >= 0.6 is 0 Å². The lowest BCUT2D eigenvalue weighted by Crippen LogP contribution is -2.48. The first kappa shape index (κ1) is 18.7. The number of methoxy groups -OCH3 is 1. The summed E-state index contributed by atoms with van der Waals surface area (Å²) in [4.78, 5) is 25.8. The fourth-order valence-electron chi connectivity index (χ4n) is 3.96. The second-order valence-electron chi connectivity index (χ2n) is 7.36. The minimum Gasteiger partial charge on any atom is -0.497 e. The van der Waals surface area contributed by atoms with E-state index >= 15 is 0 Å². The van der Waals surface area contributed by atoms with Gasteiger partial charge in [0.2, 0.25) is 5.91 Å². The molecule has 0 saturated carbocycles. The van der Waals surface area contributed by atoms with E-state index in [4.69, 9.17) is 4.74 Å². The third-order valence-corrected chi connectivity index (χ3v) is 5.56. The number of nitrogens with one attached hydrogen (secondary N) is 1. The number of carbonyl (C=O) groups excluding carboxylic acids is 1. The Labute approximate surface area is 165 Å². The molecule has 7 nitrogen and oxygen atoms in total. The average molecular weight is 381 g/mol. The largest absolute Gasteiger partial charge is 0.497 e. The van der Waals surface area contributed by atoms with Crippen molar-refractivity contribution in [2.75, 3.05) is 50.1 Å². The molecule has 1 aromatic heterocycles. The van der Waals surface area contributed by atoms with Crippen LogP contribution in [0.15, 0.2) is 30.6 Å². The average Bonchev–Trinajstić information content (AvgIpc) is 2.75. The van der Waals surface area contributed by atoms with Gasteiger partial charge in [0, 0.05) is 43.1 Å². The van der Waals surface area contributed by atoms with Crippen LogP contribution in [0.2, 0.25) is 0 Å². The molecular weight excluding hydrogens is 354 g/mol. The molecule has 4 rings (SSSR count). The summed E-state index contributed by atoms with van der Waals surface area (Å²) in [7, 11) is 1.68. The quantitative estimate of drug-likeness (QED) is 0.856. The van der Waals surface area contributed by atoms with Crippen molar-refractivity contribution in [2.24, 2.45) is 0 Å². The van der Waals surface area contributed by atoms with Crippen LogP contribution in [-0.4, -0.2) is 60.6 Å². The van der Waals surface area contributed by atoms with Gasteiger partial charge in [-0.3, -0.25) is 9.69 Å². The summed E-state index contributed by atoms with van der Waals surface area (Å²) in [5.74, 6) is 1.57. The molecule has 1 amide bonds. The van der Waals surface area contributed by atoms with Crippen LogP contribution in [0, 0.1) is 0 Å². The molecule has 2 aliphatic rings. The summed E-state index contributed by atoms with van der Waals surface area (Å²) in [6, 6.07) is 8.13. The topological polar surface area (TPSA) is 70.6 Å². The Morgan fingerprint density at radius 2 is 1.82 bits per heavy atom. The molecule has 0 atom stereocenters. The molecule has 1 N–H and O–H groups in total. The summed E-state index contributed by atoms with van der Waals surface area (Å²) in [5, 5.41) is 3.01. The predicted molar refractivity (Wildman–Crippen MR) is 109 cm³/mol. The number of piperazine rings is 1. The van der Waals surface area contributed by atoms with E-state index in [9.17, 15) is 4.79 Å². The van der Waals surface area contributed by atoms with Crippen molar-refractivity contribution in [3.8, 4) is 5.75 Å². The Morgan fingerprint density at radius 3 is 2.57 bits per heavy atom. The highest BCUT2D eigenvalue weighted by Gasteiger charge is 2.21. The molecule has 0 bridgehead atoms. The van der Waals surface area contributed by atoms with E-state index in [1.54, 1.807) is 13.4 Å². The first-order valence-electron chi connectivity index (χ1n) is 9.97. The highest BCUT2D eigenvalue weighted by Crippen LogP contribution is 2.24. The normalized spacial score (nSPS) is 17.1. The first-order chi connectivity index (χ1) is 13.7. The van der Waals surface area contributed by atoms with Gasteiger partial charge in [-0.25, -0.2) is 9.97 Å². The van der Waals surface area contributed by atoms with Crippen LogP contribution in [0.5, 0.6) is 5.75 Å². The molecule has 0 spiro atoms. The second-order valence-corrected chi connectivity index (χ2v) is 7.36. The van der Waals surface area contributed by atoms with Gasteiger partial charge in [0.1, 0.15) is 17.9 Å². The van der Waals surface area contributed by atoms with Crippen LogP contribution in [0.25, 0.3) is 0 Å². The lowest BCUT2D eigenvalue weighted by Gasteiger charge is -2.35. The number of ether oxygens (including phenoxy) is 1. The zero-order valence-corrected chi connectivity index (χ0v) is 16.4. The van der Waals surface area contributed by atoms with Gasteiger partial charge in [0.15, 0.2) is 0 Å². The smallest absolute Gasteiger partial charge is 0.239 e. The highest BCUT2D eigenvalue weighted by molar-refractivity contribution is 5.92. The number of benzene rings is 1. The fraction of sp³-hybridized carbons (Fsp3) is 0.476. The van der Waals surface area contributed by atoms with Gasteiger partial charge < -0.3 is 15.0 Å². The van der Waals surface area contributed by atoms with E-state index in [2.05, 4.69) is 37.2 Å². The fourth-order valence-corrected chi connectivity index (χ4v) is 3.96. The van der Waals surface area contributed by atoms with Gasteiger partial charge in [0.25, 0.3) is 0 Å². The monoisotopic (exact) mass is 381 g/mol. The number of nitrogens with zero attached hydrogens (tertiary/aromatic N) is 4. The Kier molecular flexibility index (Phi) is 5.71. The summed E-state index contributed by atoms with van der Waals surface area (Å²) in [6.07, 6.45) is 5.79. The second kappa shape index (κ2) is 8.56. The zero-order chi connectivity index (χ0) is 19.3. The molecule has 1 aliphatic heterocycles. The van der Waals surface area contributed by atoms with E-state index in [1.165, 1.54) is 5.69 Å². The molecule has 1 aromatic carbocycles. The van der Waals surface area contributed by atoms with Gasteiger partial charge in [-0.15, -0.1) is 0 Å². The Bertz CT molecular complexity index is 816. The van der Waals surface area contributed by atoms with E-state index < -0.39 is 0 Å². The Morgan fingerprint density at radius 1 is 1.07 bits per heavy atom. The molecule has 2 heterocycles. The standard InChI is InChI=1S/C21H27N5O2/c1-28-17-8-6-16(7-9-17)26-12-10-25(11-13-26)14-20(27)24-21-18-4-2-3-5-19(18)22-15-23-21/h6-9,15H,2-5,10-14H2,1H3,(H,22,23,24,27). The minimum atomic E-state index is 0.00405. The van der Waals surface area contributed by atoms with Crippen molar-refractivity contribution in [1.29, 1.82) is 0 Å². The van der Waals surface area contributed by atoms with Crippen LogP contribution in [0.3, 0.4) is 0 Å². The zero-order valence-electron chi connectivity index (χ0n) is 16.4. The maximum atomic E-state index is 12.5. The van der Waals surface area contributed by atoms with Crippen molar-refractivity contribution >= 4 is 17.4 Å². The molecular formula is C21H27N5O2. The maximum absolute atomic E-state index is 12.5. The third-order valence-electron chi connectivity index (χ3n) is 5.56. The summed E-state index contributed by atoms with van der Waals surface area (Å²) in [5.41, 5.74) is 3.40. The lowest BCUT2D eigenvalue weighted by atomic mass is 9.96. The summed E-state index contributed by atoms with van der Waals surface area (Å²) >= 11 is 0. The summed E-state index contributed by atoms with van der Waals surface area (Å²) in [6.45, 7) is 3.93. The van der Waals surface area contributed by atoms with E-state index in [0.29, 0.717) is 12.4 Å². The molecule has 2 aromatic rings. The van der Waals surface area contributed by atoms with E-state index in [-0.39, 0.29) is 5.91 Å². The number of anilines is 2. The summed E-state index contributed by atoms with van der Waals surface area (Å²) < 4.78 is 5.22. The first-order valence-corrected chi connectivity index (χ1v) is 9.97. The molecule has 7 heteroatoms. The molecule has 148 valence electrons. The number of amides is 1. The maximum Gasteiger partial charge on any atom is 0.239 e. The molecule has 1 saturated heterocycles. The Balaban J connectivity index is 1.29. The van der Waals surface area contributed by atoms with Gasteiger partial charge in [-0.2, -0.15) is 0 Å². The molecule has 1 fully saturated rings. The number of aromatic nitrogens is 2. The third kappa shape index (κ3) is 4.25. The van der Waals surface area contributed by atoms with Crippen molar-refractivity contribution in [2.45, 2.75) is 25.7 Å². The van der Waals surface area contributed by atoms with Gasteiger partial charge in [-0.1, -0.05) is 0 Å². The molecule has 0 radical (unpaired) electrons.